The van der Waals surface area contributed by atoms with Crippen LogP contribution < -0.4 is 5.32 Å². The van der Waals surface area contributed by atoms with E-state index in [1.165, 1.54) is 0 Å². The van der Waals surface area contributed by atoms with E-state index in [1.807, 2.05) is 6.07 Å². The molecule has 1 aliphatic carbocycles. The molecule has 10 heteroatoms. The van der Waals surface area contributed by atoms with Crippen LogP contribution in [0.15, 0.2) is 10.6 Å². The second-order valence-electron chi connectivity index (χ2n) is 7.00. The SMILES string of the molecule is CNC(=O)[C@@H]1CN(C(=O)c2cc(C3CC3)[nH]n2)C[C@H]1c1nc(COC)no1. The van der Waals surface area contributed by atoms with Crippen molar-refractivity contribution in [3.05, 3.63) is 29.2 Å². The van der Waals surface area contributed by atoms with E-state index < -0.39 is 5.92 Å². The minimum Gasteiger partial charge on any atom is -0.377 e. The molecule has 27 heavy (non-hydrogen) atoms. The van der Waals surface area contributed by atoms with Gasteiger partial charge in [-0.05, 0) is 18.9 Å². The maximum atomic E-state index is 12.9. The minimum atomic E-state index is -0.461. The predicted molar refractivity (Wildman–Crippen MR) is 91.8 cm³/mol. The number of hydrogen-bond donors (Lipinski definition) is 2. The van der Waals surface area contributed by atoms with Crippen LogP contribution in [0, 0.1) is 5.92 Å². The first-order valence-corrected chi connectivity index (χ1v) is 8.98. The third-order valence-corrected chi connectivity index (χ3v) is 5.10. The lowest BCUT2D eigenvalue weighted by atomic mass is 9.95. The number of carbonyl (C=O) groups is 2. The molecule has 0 aromatic carbocycles. The summed E-state index contributed by atoms with van der Waals surface area (Å²) in [6, 6.07) is 1.81. The Hall–Kier alpha value is -2.75. The van der Waals surface area contributed by atoms with Crippen molar-refractivity contribution in [3.8, 4) is 0 Å². The highest BCUT2D eigenvalue weighted by atomic mass is 16.5. The first-order chi connectivity index (χ1) is 13.1. The van der Waals surface area contributed by atoms with E-state index in [0.717, 1.165) is 18.5 Å². The summed E-state index contributed by atoms with van der Waals surface area (Å²) < 4.78 is 10.3. The Kier molecular flexibility index (Phi) is 4.65. The molecular formula is C17H22N6O4. The molecule has 2 fully saturated rings. The number of carbonyl (C=O) groups excluding carboxylic acids is 2. The van der Waals surface area contributed by atoms with Gasteiger partial charge < -0.3 is 19.5 Å². The number of aromatic amines is 1. The lowest BCUT2D eigenvalue weighted by Crippen LogP contribution is -2.33. The van der Waals surface area contributed by atoms with Gasteiger partial charge >= 0.3 is 0 Å². The topological polar surface area (TPSA) is 126 Å². The van der Waals surface area contributed by atoms with Crippen LogP contribution in [0.4, 0.5) is 0 Å². The quantitative estimate of drug-likeness (QED) is 0.750. The van der Waals surface area contributed by atoms with Crippen LogP contribution in [0.3, 0.4) is 0 Å². The van der Waals surface area contributed by atoms with Crippen LogP contribution in [0.2, 0.25) is 0 Å². The van der Waals surface area contributed by atoms with Crippen molar-refractivity contribution in [2.45, 2.75) is 31.3 Å². The second-order valence-corrected chi connectivity index (χ2v) is 7.00. The molecule has 1 saturated carbocycles. The fourth-order valence-electron chi connectivity index (χ4n) is 3.49. The third-order valence-electron chi connectivity index (χ3n) is 5.10. The highest BCUT2D eigenvalue weighted by Gasteiger charge is 2.43. The zero-order chi connectivity index (χ0) is 19.0. The molecule has 2 N–H and O–H groups in total. The Morgan fingerprint density at radius 3 is 2.93 bits per heavy atom. The monoisotopic (exact) mass is 374 g/mol. The zero-order valence-corrected chi connectivity index (χ0v) is 15.3. The Balaban J connectivity index is 1.53. The van der Waals surface area contributed by atoms with Crippen LogP contribution in [0.25, 0.3) is 0 Å². The standard InChI is InChI=1S/C17H22N6O4/c1-18-15(24)10-6-23(7-11(10)16-19-14(8-26-2)22-27-16)17(25)13-5-12(20-21-13)9-3-4-9/h5,9-11H,3-4,6-8H2,1-2H3,(H,18,24)(H,20,21)/t10-,11-/m1/s1. The van der Waals surface area contributed by atoms with Crippen molar-refractivity contribution in [1.29, 1.82) is 0 Å². The molecule has 1 aliphatic heterocycles. The van der Waals surface area contributed by atoms with Gasteiger partial charge in [-0.1, -0.05) is 5.16 Å². The average molecular weight is 374 g/mol. The van der Waals surface area contributed by atoms with Gasteiger partial charge in [-0.3, -0.25) is 14.7 Å². The van der Waals surface area contributed by atoms with E-state index in [0.29, 0.717) is 29.9 Å². The van der Waals surface area contributed by atoms with Gasteiger partial charge in [-0.15, -0.1) is 0 Å². The van der Waals surface area contributed by atoms with Crippen molar-refractivity contribution >= 4 is 11.8 Å². The number of aromatic nitrogens is 4. The zero-order valence-electron chi connectivity index (χ0n) is 15.3. The average Bonchev–Trinajstić information content (AvgIpc) is 3.10. The van der Waals surface area contributed by atoms with Crippen molar-refractivity contribution in [1.82, 2.24) is 30.6 Å². The van der Waals surface area contributed by atoms with Gasteiger partial charge in [0.2, 0.25) is 11.8 Å². The van der Waals surface area contributed by atoms with Crippen LogP contribution in [0.1, 0.15) is 52.6 Å². The van der Waals surface area contributed by atoms with E-state index in [9.17, 15) is 9.59 Å². The Morgan fingerprint density at radius 1 is 1.41 bits per heavy atom. The molecule has 4 rings (SSSR count). The molecule has 2 aliphatic rings. The van der Waals surface area contributed by atoms with Crippen molar-refractivity contribution < 1.29 is 18.8 Å². The summed E-state index contributed by atoms with van der Waals surface area (Å²) in [6.07, 6.45) is 2.25. The number of amides is 2. The fraction of sp³-hybridized carbons (Fsp3) is 0.588. The van der Waals surface area contributed by atoms with Gasteiger partial charge in [0.1, 0.15) is 12.3 Å². The molecule has 0 radical (unpaired) electrons. The van der Waals surface area contributed by atoms with Crippen molar-refractivity contribution in [2.75, 3.05) is 27.2 Å². The summed E-state index contributed by atoms with van der Waals surface area (Å²) in [7, 11) is 3.11. The molecule has 1 saturated heterocycles. The van der Waals surface area contributed by atoms with Gasteiger partial charge in [0.25, 0.3) is 5.91 Å². The Morgan fingerprint density at radius 2 is 2.22 bits per heavy atom. The fourth-order valence-corrected chi connectivity index (χ4v) is 3.49. The van der Waals surface area contributed by atoms with E-state index >= 15 is 0 Å². The second kappa shape index (κ2) is 7.10. The van der Waals surface area contributed by atoms with E-state index in [-0.39, 0.29) is 30.9 Å². The van der Waals surface area contributed by atoms with Crippen LogP contribution in [-0.2, 0) is 16.1 Å². The van der Waals surface area contributed by atoms with Crippen LogP contribution in [-0.4, -0.2) is 64.3 Å². The third kappa shape index (κ3) is 3.44. The number of nitrogens with zero attached hydrogens (tertiary/aromatic N) is 4. The van der Waals surface area contributed by atoms with Gasteiger partial charge in [0, 0.05) is 38.9 Å². The van der Waals surface area contributed by atoms with Gasteiger partial charge in [-0.2, -0.15) is 10.1 Å². The molecule has 0 bridgehead atoms. The Bertz CT molecular complexity index is 842. The first-order valence-electron chi connectivity index (χ1n) is 8.98. The number of likely N-dealkylation sites (tertiary alicyclic amines) is 1. The first kappa shape index (κ1) is 17.7. The van der Waals surface area contributed by atoms with Crippen molar-refractivity contribution in [2.24, 2.45) is 5.92 Å². The lowest BCUT2D eigenvalue weighted by Gasteiger charge is -2.14. The largest absolute Gasteiger partial charge is 0.377 e. The number of methoxy groups -OCH3 is 1. The molecule has 0 spiro atoms. The molecule has 0 unspecified atom stereocenters. The summed E-state index contributed by atoms with van der Waals surface area (Å²) in [5.74, 6) is 0.0433. The number of ether oxygens (including phenoxy) is 1. The molecule has 2 amide bonds. The molecule has 10 nitrogen and oxygen atoms in total. The predicted octanol–water partition coefficient (Wildman–Crippen LogP) is 0.418. The summed E-state index contributed by atoms with van der Waals surface area (Å²) in [5, 5.41) is 13.6. The molecule has 2 aromatic rings. The van der Waals surface area contributed by atoms with E-state index in [2.05, 4.69) is 25.7 Å². The number of nitrogens with one attached hydrogen (secondary N) is 2. The summed E-state index contributed by atoms with van der Waals surface area (Å²) in [6.45, 7) is 0.814. The smallest absolute Gasteiger partial charge is 0.274 e. The lowest BCUT2D eigenvalue weighted by molar-refractivity contribution is -0.124. The summed E-state index contributed by atoms with van der Waals surface area (Å²) in [5.41, 5.74) is 1.37. The van der Waals surface area contributed by atoms with E-state index in [1.54, 1.807) is 19.1 Å². The molecule has 144 valence electrons. The molecule has 2 aromatic heterocycles. The number of H-pyrrole nitrogens is 1. The van der Waals surface area contributed by atoms with Gasteiger partial charge in [-0.25, -0.2) is 0 Å². The molecular weight excluding hydrogens is 352 g/mol. The maximum absolute atomic E-state index is 12.9. The summed E-state index contributed by atoms with van der Waals surface area (Å²) in [4.78, 5) is 31.2. The highest BCUT2D eigenvalue weighted by Crippen LogP contribution is 2.39. The molecule has 3 heterocycles. The van der Waals surface area contributed by atoms with Crippen LogP contribution >= 0.6 is 0 Å². The van der Waals surface area contributed by atoms with Crippen LogP contribution in [0.5, 0.6) is 0 Å². The van der Waals surface area contributed by atoms with Crippen molar-refractivity contribution in [3.63, 3.8) is 0 Å². The molecule has 2 atom stereocenters. The highest BCUT2D eigenvalue weighted by molar-refractivity contribution is 5.93. The maximum Gasteiger partial charge on any atom is 0.274 e. The number of rotatable bonds is 6. The number of hydrogen-bond acceptors (Lipinski definition) is 7. The van der Waals surface area contributed by atoms with E-state index in [4.69, 9.17) is 9.26 Å². The van der Waals surface area contributed by atoms with Gasteiger partial charge in [0.05, 0.1) is 11.8 Å². The normalized spacial score (nSPS) is 22.2. The van der Waals surface area contributed by atoms with Gasteiger partial charge in [0.15, 0.2) is 5.82 Å². The minimum absolute atomic E-state index is 0.164. The Labute approximate surface area is 155 Å². The summed E-state index contributed by atoms with van der Waals surface area (Å²) >= 11 is 0.